The van der Waals surface area contributed by atoms with E-state index in [0.29, 0.717) is 11.1 Å². The van der Waals surface area contributed by atoms with Crippen LogP contribution in [0.3, 0.4) is 0 Å². The van der Waals surface area contributed by atoms with Crippen LogP contribution < -0.4 is 5.32 Å². The minimum absolute atomic E-state index is 0.0795. The molecule has 0 atom stereocenters. The van der Waals surface area contributed by atoms with Gasteiger partial charge in [0.2, 0.25) is 5.89 Å². The number of anilines is 1. The lowest BCUT2D eigenvalue weighted by molar-refractivity contribution is 0.0600. The molecule has 0 fully saturated rings. The maximum Gasteiger partial charge on any atom is 0.337 e. The second-order valence-electron chi connectivity index (χ2n) is 4.95. The molecule has 0 aliphatic carbocycles. The molecule has 0 aliphatic rings. The van der Waals surface area contributed by atoms with Gasteiger partial charge in [0, 0.05) is 11.1 Å². The van der Waals surface area contributed by atoms with Gasteiger partial charge in [-0.2, -0.15) is 0 Å². The fourth-order valence-electron chi connectivity index (χ4n) is 2.06. The molecule has 8 heteroatoms. The lowest BCUT2D eigenvalue weighted by Gasteiger charge is -2.02. The number of ether oxygens (including phenoxy) is 1. The Morgan fingerprint density at radius 2 is 1.80 bits per heavy atom. The van der Waals surface area contributed by atoms with E-state index in [1.807, 2.05) is 0 Å². The SMILES string of the molecule is COC(=O)c1ccc(C(=O)Nc2nnc(-c3cccc(F)c3)o2)cc1. The maximum atomic E-state index is 13.2. The summed E-state index contributed by atoms with van der Waals surface area (Å²) < 4.78 is 23.1. The largest absolute Gasteiger partial charge is 0.465 e. The first-order valence-corrected chi connectivity index (χ1v) is 7.16. The molecule has 0 aliphatic heterocycles. The van der Waals surface area contributed by atoms with Crippen LogP contribution in [0.4, 0.5) is 10.4 Å². The van der Waals surface area contributed by atoms with Crippen molar-refractivity contribution < 1.29 is 23.1 Å². The predicted molar refractivity (Wildman–Crippen MR) is 85.4 cm³/mol. The molecule has 7 nitrogen and oxygen atoms in total. The van der Waals surface area contributed by atoms with Gasteiger partial charge in [-0.15, -0.1) is 5.10 Å². The number of nitrogens with zero attached hydrogens (tertiary/aromatic N) is 2. The zero-order chi connectivity index (χ0) is 17.8. The first-order chi connectivity index (χ1) is 12.1. The number of carbonyl (C=O) groups excluding carboxylic acids is 2. The van der Waals surface area contributed by atoms with E-state index in [0.717, 1.165) is 0 Å². The Labute approximate surface area is 141 Å². The van der Waals surface area contributed by atoms with E-state index in [1.165, 1.54) is 49.6 Å². The van der Waals surface area contributed by atoms with Crippen molar-refractivity contribution in [2.24, 2.45) is 0 Å². The molecule has 1 aromatic heterocycles. The third-order valence-electron chi connectivity index (χ3n) is 3.29. The van der Waals surface area contributed by atoms with Gasteiger partial charge in [-0.05, 0) is 42.5 Å². The summed E-state index contributed by atoms with van der Waals surface area (Å²) in [5.74, 6) is -1.35. The summed E-state index contributed by atoms with van der Waals surface area (Å²) >= 11 is 0. The molecular formula is C17H12FN3O4. The van der Waals surface area contributed by atoms with E-state index in [1.54, 1.807) is 6.07 Å². The van der Waals surface area contributed by atoms with Gasteiger partial charge in [0.05, 0.1) is 12.7 Å². The van der Waals surface area contributed by atoms with Crippen LogP contribution in [-0.4, -0.2) is 29.2 Å². The highest BCUT2D eigenvalue weighted by Crippen LogP contribution is 2.20. The van der Waals surface area contributed by atoms with Gasteiger partial charge >= 0.3 is 12.0 Å². The van der Waals surface area contributed by atoms with Crippen molar-refractivity contribution in [2.45, 2.75) is 0 Å². The molecule has 0 spiro atoms. The molecule has 0 radical (unpaired) electrons. The molecule has 0 unspecified atom stereocenters. The molecule has 0 saturated carbocycles. The van der Waals surface area contributed by atoms with Crippen LogP contribution in [0.2, 0.25) is 0 Å². The number of hydrogen-bond acceptors (Lipinski definition) is 6. The van der Waals surface area contributed by atoms with E-state index < -0.39 is 17.7 Å². The van der Waals surface area contributed by atoms with Gasteiger partial charge in [0.1, 0.15) is 5.82 Å². The van der Waals surface area contributed by atoms with Crippen LogP contribution in [0.1, 0.15) is 20.7 Å². The first-order valence-electron chi connectivity index (χ1n) is 7.16. The highest BCUT2D eigenvalue weighted by atomic mass is 19.1. The number of aromatic nitrogens is 2. The number of hydrogen-bond donors (Lipinski definition) is 1. The highest BCUT2D eigenvalue weighted by molar-refractivity contribution is 6.03. The van der Waals surface area contributed by atoms with Crippen molar-refractivity contribution in [2.75, 3.05) is 12.4 Å². The summed E-state index contributed by atoms with van der Waals surface area (Å²) in [4.78, 5) is 23.5. The Kier molecular flexibility index (Phi) is 4.51. The maximum absolute atomic E-state index is 13.2. The molecule has 3 aromatic rings. The second kappa shape index (κ2) is 6.91. The average molecular weight is 341 g/mol. The minimum atomic E-state index is -0.497. The minimum Gasteiger partial charge on any atom is -0.465 e. The summed E-state index contributed by atoms with van der Waals surface area (Å²) in [6, 6.07) is 11.4. The Morgan fingerprint density at radius 3 is 2.48 bits per heavy atom. The van der Waals surface area contributed by atoms with Crippen LogP contribution in [0.25, 0.3) is 11.5 Å². The van der Waals surface area contributed by atoms with E-state index in [-0.39, 0.29) is 17.5 Å². The number of carbonyl (C=O) groups is 2. The highest BCUT2D eigenvalue weighted by Gasteiger charge is 2.14. The van der Waals surface area contributed by atoms with Gasteiger partial charge in [-0.1, -0.05) is 11.2 Å². The smallest absolute Gasteiger partial charge is 0.337 e. The quantitative estimate of drug-likeness (QED) is 0.733. The van der Waals surface area contributed by atoms with Crippen LogP contribution in [0, 0.1) is 5.82 Å². The molecule has 126 valence electrons. The van der Waals surface area contributed by atoms with Gasteiger partial charge in [-0.25, -0.2) is 9.18 Å². The zero-order valence-corrected chi connectivity index (χ0v) is 13.0. The monoisotopic (exact) mass is 341 g/mol. The number of halogens is 1. The fraction of sp³-hybridized carbons (Fsp3) is 0.0588. The Balaban J connectivity index is 1.72. The van der Waals surface area contributed by atoms with Crippen molar-refractivity contribution in [3.63, 3.8) is 0 Å². The normalized spacial score (nSPS) is 10.3. The molecule has 1 amide bonds. The summed E-state index contributed by atoms with van der Waals surface area (Å²) in [5.41, 5.74) is 1.01. The molecular weight excluding hydrogens is 329 g/mol. The predicted octanol–water partition coefficient (Wildman–Crippen LogP) is 2.91. The lowest BCUT2D eigenvalue weighted by Crippen LogP contribution is -2.12. The number of benzene rings is 2. The Hall–Kier alpha value is -3.55. The lowest BCUT2D eigenvalue weighted by atomic mass is 10.1. The van der Waals surface area contributed by atoms with Crippen LogP contribution in [0.5, 0.6) is 0 Å². The number of rotatable bonds is 4. The van der Waals surface area contributed by atoms with Gasteiger partial charge in [-0.3, -0.25) is 10.1 Å². The number of amides is 1. The molecule has 25 heavy (non-hydrogen) atoms. The number of nitrogens with one attached hydrogen (secondary N) is 1. The third kappa shape index (κ3) is 3.69. The van der Waals surface area contributed by atoms with Gasteiger partial charge in [0.25, 0.3) is 5.91 Å². The molecule has 3 rings (SSSR count). The molecule has 2 aromatic carbocycles. The average Bonchev–Trinajstić information content (AvgIpc) is 3.09. The summed E-state index contributed by atoms with van der Waals surface area (Å²) in [6.45, 7) is 0. The van der Waals surface area contributed by atoms with E-state index in [4.69, 9.17) is 4.42 Å². The topological polar surface area (TPSA) is 94.3 Å². The first kappa shape index (κ1) is 16.3. The standard InChI is InChI=1S/C17H12FN3O4/c1-24-16(23)11-7-5-10(6-8-11)14(22)19-17-21-20-15(25-17)12-3-2-4-13(18)9-12/h2-9H,1H3,(H,19,21,22). The summed E-state index contributed by atoms with van der Waals surface area (Å²) in [6.07, 6.45) is 0. The van der Waals surface area contributed by atoms with Gasteiger partial charge < -0.3 is 9.15 Å². The van der Waals surface area contributed by atoms with Crippen molar-refractivity contribution in [3.05, 3.63) is 65.5 Å². The van der Waals surface area contributed by atoms with E-state index in [2.05, 4.69) is 20.3 Å². The molecule has 0 bridgehead atoms. The molecule has 1 heterocycles. The summed E-state index contributed by atoms with van der Waals surface area (Å²) in [7, 11) is 1.27. The van der Waals surface area contributed by atoms with Crippen LogP contribution >= 0.6 is 0 Å². The van der Waals surface area contributed by atoms with Crippen molar-refractivity contribution in [3.8, 4) is 11.5 Å². The second-order valence-corrected chi connectivity index (χ2v) is 4.95. The van der Waals surface area contributed by atoms with Crippen LogP contribution in [-0.2, 0) is 4.74 Å². The molecule has 1 N–H and O–H groups in total. The number of methoxy groups -OCH3 is 1. The Bertz CT molecular complexity index is 922. The molecule has 0 saturated heterocycles. The number of esters is 1. The van der Waals surface area contributed by atoms with Crippen molar-refractivity contribution in [1.29, 1.82) is 0 Å². The third-order valence-corrected chi connectivity index (χ3v) is 3.29. The van der Waals surface area contributed by atoms with Gasteiger partial charge in [0.15, 0.2) is 0 Å². The zero-order valence-electron chi connectivity index (χ0n) is 13.0. The van der Waals surface area contributed by atoms with E-state index in [9.17, 15) is 14.0 Å². The van der Waals surface area contributed by atoms with E-state index >= 15 is 0 Å². The van der Waals surface area contributed by atoms with Crippen molar-refractivity contribution >= 4 is 17.9 Å². The van der Waals surface area contributed by atoms with Crippen LogP contribution in [0.15, 0.2) is 52.9 Å². The van der Waals surface area contributed by atoms with Crippen molar-refractivity contribution in [1.82, 2.24) is 10.2 Å². The Morgan fingerprint density at radius 1 is 1.08 bits per heavy atom. The summed E-state index contributed by atoms with van der Waals surface area (Å²) in [5, 5.41) is 9.90. The fourth-order valence-corrected chi connectivity index (χ4v) is 2.06.